The van der Waals surface area contributed by atoms with E-state index in [1.807, 2.05) is 16.0 Å². The maximum Gasteiger partial charge on any atom is 0.407 e. The van der Waals surface area contributed by atoms with E-state index in [-0.39, 0.29) is 49.8 Å². The number of aliphatic hydroxyl groups is 1. The Hall–Kier alpha value is -15.2. The fourth-order valence-electron chi connectivity index (χ4n) is 14.5. The molecule has 2 heterocycles. The molecule has 756 valence electrons. The number of aliphatic hydroxyl groups excluding tert-OH is 1. The Labute approximate surface area is 788 Å². The molecular formula is C87H120N18O33. The van der Waals surface area contributed by atoms with Gasteiger partial charge in [-0.3, -0.25) is 101 Å². The molecular weight excluding hydrogens is 1830 g/mol. The van der Waals surface area contributed by atoms with E-state index >= 15 is 14.4 Å². The van der Waals surface area contributed by atoms with Gasteiger partial charge in [-0.05, 0) is 94.5 Å². The van der Waals surface area contributed by atoms with Crippen molar-refractivity contribution in [3.63, 3.8) is 0 Å². The average Bonchev–Trinajstić information content (AvgIpc) is 1.73. The molecule has 0 radical (unpaired) electrons. The predicted molar refractivity (Wildman–Crippen MR) is 477 cm³/mol. The summed E-state index contributed by atoms with van der Waals surface area (Å²) in [6.07, 6.45) is -3.64. The number of Topliss-reactive ketones (excluding diaryl/α,β-unsaturated/α-hetero) is 1. The van der Waals surface area contributed by atoms with E-state index in [0.717, 1.165) is 58.9 Å². The highest BCUT2D eigenvalue weighted by Gasteiger charge is 2.43. The van der Waals surface area contributed by atoms with Crippen LogP contribution < -0.4 is 91.2 Å². The van der Waals surface area contributed by atoms with Crippen LogP contribution in [-0.4, -0.2) is 294 Å². The zero-order valence-corrected chi connectivity index (χ0v) is 76.3. The highest BCUT2D eigenvalue weighted by atomic mass is 16.6. The van der Waals surface area contributed by atoms with Crippen molar-refractivity contribution in [3.05, 3.63) is 78.0 Å². The number of para-hydroxylation sites is 2. The second-order valence-electron chi connectivity index (χ2n) is 33.4. The van der Waals surface area contributed by atoms with Crippen molar-refractivity contribution in [2.45, 2.75) is 261 Å². The van der Waals surface area contributed by atoms with Gasteiger partial charge in [-0.25, -0.2) is 14.4 Å². The van der Waals surface area contributed by atoms with Crippen LogP contribution in [0.3, 0.4) is 0 Å². The average molecular weight is 1950 g/mol. The molecule has 3 aromatic rings. The van der Waals surface area contributed by atoms with E-state index in [1.165, 1.54) is 31.2 Å². The highest BCUT2D eigenvalue weighted by molar-refractivity contribution is 6.05. The topological polar surface area (TPSA) is 818 Å². The van der Waals surface area contributed by atoms with Crippen LogP contribution in [0.15, 0.2) is 66.9 Å². The first-order valence-electron chi connectivity index (χ1n) is 44.3. The summed E-state index contributed by atoms with van der Waals surface area (Å²) in [7, 11) is 0. The lowest BCUT2D eigenvalue weighted by Gasteiger charge is -2.31. The van der Waals surface area contributed by atoms with Gasteiger partial charge < -0.3 is 141 Å². The molecule has 138 heavy (non-hydrogen) atoms. The number of amides is 16. The number of ether oxygens (including phenoxy) is 2. The molecule has 5 rings (SSSR count). The van der Waals surface area contributed by atoms with Gasteiger partial charge in [0.05, 0.1) is 58.2 Å². The summed E-state index contributed by atoms with van der Waals surface area (Å²) in [6, 6.07) is -13.6. The second kappa shape index (κ2) is 56.2. The number of H-pyrrole nitrogens is 1. The number of fused-ring (bicyclic) bond motifs is 1. The number of rotatable bonds is 42. The number of primary amides is 1. The summed E-state index contributed by atoms with van der Waals surface area (Å²) in [4.78, 5) is 331. The molecule has 51 heteroatoms. The van der Waals surface area contributed by atoms with Gasteiger partial charge in [-0.2, -0.15) is 0 Å². The number of esters is 1. The van der Waals surface area contributed by atoms with Crippen molar-refractivity contribution in [1.29, 1.82) is 0 Å². The molecule has 2 aliphatic rings. The zero-order valence-electron chi connectivity index (χ0n) is 76.3. The van der Waals surface area contributed by atoms with Crippen LogP contribution in [0.4, 0.5) is 10.5 Å². The first-order chi connectivity index (χ1) is 65.1. The Kier molecular flexibility index (Phi) is 46.1. The molecule has 0 spiro atoms. The Balaban J connectivity index is 1.63. The van der Waals surface area contributed by atoms with Gasteiger partial charge in [-0.15, -0.1) is 0 Å². The summed E-state index contributed by atoms with van der Waals surface area (Å²) in [5.41, 5.74) is 11.0. The van der Waals surface area contributed by atoms with Crippen molar-refractivity contribution >= 4 is 159 Å². The number of carbonyl (C=O) groups excluding carboxylic acids is 18. The number of carboxylic acid groups (broad SMARTS) is 6. The van der Waals surface area contributed by atoms with E-state index in [0.29, 0.717) is 29.3 Å². The van der Waals surface area contributed by atoms with Gasteiger partial charge in [0.1, 0.15) is 84.7 Å². The summed E-state index contributed by atoms with van der Waals surface area (Å²) in [5.74, 6) is -35.1. The number of alkyl carbamates (subject to hydrolysis) is 1. The third kappa shape index (κ3) is 38.6. The molecule has 16 atom stereocenters. The standard InChI is InChI=1S/C87H120N18O33/c1-6-7-8-9-10-11-12-26-63(109)96-53(32-46-39-91-51-24-16-14-21-48(46)51)77(126)99-54(34-62(89)108)78(127)101-57(37-69(118)119)79(128)105-72-45(4)137-84(134)59(33-61(107)49-22-13-15-23-50(49)88)102-82(131)71(43(2)31-66(112)113)104-80(129)60(42-106)97-65(111)40-92-74(123)55(35-67(114)115)98-73(122)44(3)94-76(125)56(36-68(116)117)100-75(124)52(95-64(110)41-93-81(72)130)25-19-30-90-86(136)138-47-20-17-18-28-87(5,29-27-47)85(135)103-58(83(132)133)38-70(120)121/h13-17,20-24,39,43-45,47,52-60,71-72,91,106H,6-12,18-19,25-38,40-42,88H2,1-5H3,(H2,89,108)(H,90,136)(H,92,123)(H,93,130)(H,94,125)(H,95,110)(H,96,109)(H,97,111)(H,98,122)(H,99,126)(H,100,124)(H,101,127)(H,102,131)(H,103,135)(H,104,129)(H,105,128)(H,112,113)(H,114,115)(H,116,117)(H,118,119)(H,120,121)(H,132,133)/b20-17+/t43?,44-,45-,47-,52+,53+,54-,55+,56+,57+,58?,59+,60-,71+,72+,87+/m1/s1. The number of aromatic amines is 1. The van der Waals surface area contributed by atoms with Gasteiger partial charge >= 0.3 is 47.9 Å². The molecule has 0 bridgehead atoms. The maximum absolute atomic E-state index is 15.1. The van der Waals surface area contributed by atoms with Gasteiger partial charge in [0, 0.05) is 59.6 Å². The molecule has 2 unspecified atom stereocenters. The van der Waals surface area contributed by atoms with Crippen molar-refractivity contribution < 1.29 is 160 Å². The number of hydrogen-bond donors (Lipinski definition) is 25. The van der Waals surface area contributed by atoms with Crippen LogP contribution in [0.25, 0.3) is 10.9 Å². The van der Waals surface area contributed by atoms with Crippen molar-refractivity contribution in [3.8, 4) is 0 Å². The number of aromatic nitrogens is 1. The summed E-state index contributed by atoms with van der Waals surface area (Å²) >= 11 is 0. The summed E-state index contributed by atoms with van der Waals surface area (Å²) in [5, 5.41) is 103. The molecule has 27 N–H and O–H groups in total. The minimum atomic E-state index is -2.56. The number of benzene rings is 2. The van der Waals surface area contributed by atoms with Gasteiger partial charge in [0.15, 0.2) is 5.78 Å². The molecule has 1 aromatic heterocycles. The van der Waals surface area contributed by atoms with E-state index < -0.39 is 322 Å². The number of carboxylic acids is 6. The molecule has 51 nitrogen and oxygen atoms in total. The van der Waals surface area contributed by atoms with Crippen LogP contribution >= 0.6 is 0 Å². The zero-order chi connectivity index (χ0) is 103. The maximum atomic E-state index is 15.1. The summed E-state index contributed by atoms with van der Waals surface area (Å²) in [6.45, 7) is 1.92. The third-order valence-electron chi connectivity index (χ3n) is 22.1. The van der Waals surface area contributed by atoms with E-state index in [1.54, 1.807) is 36.5 Å². The minimum absolute atomic E-state index is 0.0496. The SMILES string of the molecule is CCCCCCCCCC(=O)N[C@@H](Cc1c[nH]c2ccccc12)C(=O)N[C@H](CC(N)=O)C(=O)N[C@@H](CC(=O)O)C(=O)N[C@@H]1C(=O)NCC(=O)N[C@@H](CCCNC(=O)O[C@@H]2/C=C/CC[C@](C)(C(=O)NC(CC(=O)O)C(=O)O)CC2)C(=O)N[C@@H](CC(=O)O)C(=O)N[C@H](C)C(=O)N[C@@H](CC(=O)O)C(=O)NCC(=O)N[C@H](CO)C(=O)N[C@@H](C(C)CC(=O)O)C(=O)N[C@@H](CC(=O)c2ccccc2N)C(=O)O[C@@H]1C. The number of allylic oxidation sites excluding steroid dienone is 1. The van der Waals surface area contributed by atoms with Crippen LogP contribution in [0.1, 0.15) is 185 Å². The number of unbranched alkanes of at least 4 members (excludes halogenated alkanes) is 6. The second-order valence-corrected chi connectivity index (χ2v) is 33.4. The number of ketones is 1. The molecule has 0 saturated carbocycles. The number of aliphatic carboxylic acids is 6. The molecule has 1 fully saturated rings. The van der Waals surface area contributed by atoms with Crippen LogP contribution in [0, 0.1) is 11.3 Å². The molecule has 1 saturated heterocycles. The number of nitrogen functional groups attached to an aromatic ring is 1. The normalized spacial score (nSPS) is 22.2. The highest BCUT2D eigenvalue weighted by Crippen LogP contribution is 2.34. The van der Waals surface area contributed by atoms with Crippen LogP contribution in [-0.2, 0) is 121 Å². The predicted octanol–water partition coefficient (Wildman–Crippen LogP) is -4.31. The Bertz CT molecular complexity index is 4980. The van der Waals surface area contributed by atoms with E-state index in [9.17, 15) is 136 Å². The minimum Gasteiger partial charge on any atom is -0.481 e. The van der Waals surface area contributed by atoms with E-state index in [2.05, 4.69) is 75.7 Å². The molecule has 1 aliphatic heterocycles. The number of nitrogens with two attached hydrogens (primary N) is 2. The Morgan fingerprint density at radius 1 is 0.558 bits per heavy atom. The largest absolute Gasteiger partial charge is 0.481 e. The quantitative estimate of drug-likeness (QED) is 0.00839. The Morgan fingerprint density at radius 2 is 1.12 bits per heavy atom. The number of carbonyl (C=O) groups is 24. The smallest absolute Gasteiger partial charge is 0.407 e. The van der Waals surface area contributed by atoms with Gasteiger partial charge in [0.25, 0.3) is 0 Å². The molecule has 2 aromatic carbocycles. The van der Waals surface area contributed by atoms with Gasteiger partial charge in [-0.1, -0.05) is 95.7 Å². The summed E-state index contributed by atoms with van der Waals surface area (Å²) < 4.78 is 11.3. The number of anilines is 1. The lowest BCUT2D eigenvalue weighted by molar-refractivity contribution is -0.156. The fourth-order valence-corrected chi connectivity index (χ4v) is 14.5. The van der Waals surface area contributed by atoms with Crippen molar-refractivity contribution in [1.82, 2.24) is 84.7 Å². The fraction of sp³-hybridized carbons (Fsp3) is 0.540. The Morgan fingerprint density at radius 3 is 1.73 bits per heavy atom. The van der Waals surface area contributed by atoms with Crippen molar-refractivity contribution in [2.24, 2.45) is 17.1 Å². The van der Waals surface area contributed by atoms with E-state index in [4.69, 9.17) is 20.9 Å². The molecule has 16 amide bonds. The number of nitrogens with one attached hydrogen (secondary N) is 16. The van der Waals surface area contributed by atoms with Crippen molar-refractivity contribution in [2.75, 3.05) is 32.0 Å². The van der Waals surface area contributed by atoms with Crippen LogP contribution in [0.5, 0.6) is 0 Å². The number of cyclic esters (lactones) is 1. The first kappa shape index (κ1) is 113. The first-order valence-corrected chi connectivity index (χ1v) is 44.3. The van der Waals surface area contributed by atoms with Crippen LogP contribution in [0.2, 0.25) is 0 Å². The molecule has 1 aliphatic carbocycles. The monoisotopic (exact) mass is 1940 g/mol. The third-order valence-corrected chi connectivity index (χ3v) is 22.1. The van der Waals surface area contributed by atoms with Gasteiger partial charge in [0.2, 0.25) is 88.6 Å². The lowest BCUT2D eigenvalue weighted by atomic mass is 9.77. The number of hydrogen-bond acceptors (Lipinski definition) is 28. The lowest BCUT2D eigenvalue weighted by Crippen LogP contribution is -2.62.